The van der Waals surface area contributed by atoms with Crippen LogP contribution in [0.2, 0.25) is 0 Å². The molecule has 3 rings (SSSR count). The minimum absolute atomic E-state index is 0.133. The van der Waals surface area contributed by atoms with Gasteiger partial charge < -0.3 is 9.26 Å². The molecule has 19 heavy (non-hydrogen) atoms. The number of aromatic nitrogens is 2. The van der Waals surface area contributed by atoms with Crippen LogP contribution in [0.15, 0.2) is 28.9 Å². The first-order valence-corrected chi connectivity index (χ1v) is 6.00. The van der Waals surface area contributed by atoms with Gasteiger partial charge in [0.15, 0.2) is 17.7 Å². The van der Waals surface area contributed by atoms with Gasteiger partial charge in [-0.05, 0) is 26.0 Å². The number of amides is 1. The largest absolute Gasteiger partial charge is 0.477 e. The molecule has 0 saturated carbocycles. The van der Waals surface area contributed by atoms with Gasteiger partial charge in [0.05, 0.1) is 6.54 Å². The lowest BCUT2D eigenvalue weighted by Gasteiger charge is -2.31. The molecule has 1 aliphatic rings. The van der Waals surface area contributed by atoms with Crippen molar-refractivity contribution in [1.29, 1.82) is 0 Å². The van der Waals surface area contributed by atoms with E-state index in [9.17, 15) is 4.79 Å². The minimum Gasteiger partial charge on any atom is -0.477 e. The second-order valence-corrected chi connectivity index (χ2v) is 4.44. The smallest absolute Gasteiger partial charge is 0.269 e. The summed E-state index contributed by atoms with van der Waals surface area (Å²) in [6.07, 6.45) is 1.11. The van der Waals surface area contributed by atoms with Gasteiger partial charge in [0.2, 0.25) is 0 Å². The van der Waals surface area contributed by atoms with Crippen molar-refractivity contribution in [1.82, 2.24) is 10.1 Å². The van der Waals surface area contributed by atoms with Crippen molar-refractivity contribution in [2.24, 2.45) is 0 Å². The molecule has 98 valence electrons. The quantitative estimate of drug-likeness (QED) is 0.821. The molecule has 0 spiro atoms. The van der Waals surface area contributed by atoms with E-state index in [1.54, 1.807) is 36.2 Å². The molecule has 0 aliphatic carbocycles. The van der Waals surface area contributed by atoms with Crippen LogP contribution in [0, 0.1) is 6.92 Å². The molecule has 1 aliphatic heterocycles. The zero-order chi connectivity index (χ0) is 13.4. The number of pyridine rings is 1. The van der Waals surface area contributed by atoms with Crippen molar-refractivity contribution in [3.63, 3.8) is 0 Å². The third-order valence-corrected chi connectivity index (χ3v) is 2.92. The summed E-state index contributed by atoms with van der Waals surface area (Å²) in [4.78, 5) is 18.0. The van der Waals surface area contributed by atoms with E-state index in [1.165, 1.54) is 0 Å². The predicted octanol–water partition coefficient (Wildman–Crippen LogP) is 1.69. The Morgan fingerprint density at radius 1 is 1.47 bits per heavy atom. The van der Waals surface area contributed by atoms with Crippen LogP contribution in [0.3, 0.4) is 0 Å². The molecular weight excluding hydrogens is 246 g/mol. The third-order valence-electron chi connectivity index (χ3n) is 2.92. The first-order chi connectivity index (χ1) is 9.15. The highest BCUT2D eigenvalue weighted by Crippen LogP contribution is 2.32. The average molecular weight is 259 g/mol. The molecule has 0 N–H and O–H groups in total. The second kappa shape index (κ2) is 4.38. The summed E-state index contributed by atoms with van der Waals surface area (Å²) in [5, 5.41) is 3.90. The maximum absolute atomic E-state index is 12.2. The number of fused-ring (bicyclic) bond motifs is 1. The molecule has 0 saturated heterocycles. The first kappa shape index (κ1) is 11.7. The molecule has 1 unspecified atom stereocenters. The lowest BCUT2D eigenvalue weighted by atomic mass is 10.2. The van der Waals surface area contributed by atoms with Crippen molar-refractivity contribution < 1.29 is 14.1 Å². The standard InChI is InChI=1S/C13H13N3O3/c1-8-6-10(15-19-8)7-16-12-11(4-3-5-14-12)18-9(2)13(16)17/h3-6,9H,7H2,1-2H3. The maximum atomic E-state index is 12.2. The van der Waals surface area contributed by atoms with E-state index < -0.39 is 6.10 Å². The van der Waals surface area contributed by atoms with Crippen LogP contribution < -0.4 is 9.64 Å². The van der Waals surface area contributed by atoms with Crippen molar-refractivity contribution in [2.75, 3.05) is 4.90 Å². The van der Waals surface area contributed by atoms with E-state index in [1.807, 2.05) is 6.92 Å². The lowest BCUT2D eigenvalue weighted by Crippen LogP contribution is -2.44. The molecule has 1 atom stereocenters. The molecule has 2 aromatic heterocycles. The second-order valence-electron chi connectivity index (χ2n) is 4.44. The van der Waals surface area contributed by atoms with Gasteiger partial charge in [-0.2, -0.15) is 0 Å². The van der Waals surface area contributed by atoms with Crippen LogP contribution in [0.25, 0.3) is 0 Å². The van der Waals surface area contributed by atoms with Gasteiger partial charge in [0, 0.05) is 12.3 Å². The Morgan fingerprint density at radius 2 is 2.32 bits per heavy atom. The van der Waals surface area contributed by atoms with Crippen molar-refractivity contribution in [2.45, 2.75) is 26.5 Å². The molecule has 0 radical (unpaired) electrons. The van der Waals surface area contributed by atoms with Gasteiger partial charge in [0.25, 0.3) is 5.91 Å². The third kappa shape index (κ3) is 2.05. The number of rotatable bonds is 2. The number of hydrogen-bond acceptors (Lipinski definition) is 5. The molecule has 3 heterocycles. The molecule has 2 aromatic rings. The van der Waals surface area contributed by atoms with Crippen LogP contribution in [-0.4, -0.2) is 22.2 Å². The first-order valence-electron chi connectivity index (χ1n) is 6.00. The van der Waals surface area contributed by atoms with Gasteiger partial charge in [-0.3, -0.25) is 9.69 Å². The van der Waals surface area contributed by atoms with E-state index in [0.29, 0.717) is 29.6 Å². The highest BCUT2D eigenvalue weighted by molar-refractivity contribution is 5.98. The van der Waals surface area contributed by atoms with Gasteiger partial charge in [-0.25, -0.2) is 4.98 Å². The Morgan fingerprint density at radius 3 is 3.05 bits per heavy atom. The average Bonchev–Trinajstić information content (AvgIpc) is 2.80. The fourth-order valence-corrected chi connectivity index (χ4v) is 2.05. The van der Waals surface area contributed by atoms with Gasteiger partial charge in [-0.15, -0.1) is 0 Å². The van der Waals surface area contributed by atoms with Crippen molar-refractivity contribution >= 4 is 11.7 Å². The van der Waals surface area contributed by atoms with Crippen molar-refractivity contribution in [3.8, 4) is 5.75 Å². The normalized spacial score (nSPS) is 18.1. The Hall–Kier alpha value is -2.37. The van der Waals surface area contributed by atoms with Crippen molar-refractivity contribution in [3.05, 3.63) is 35.9 Å². The zero-order valence-corrected chi connectivity index (χ0v) is 10.7. The number of aryl methyl sites for hydroxylation is 1. The van der Waals surface area contributed by atoms with E-state index in [0.717, 1.165) is 0 Å². The number of hydrogen-bond donors (Lipinski definition) is 0. The topological polar surface area (TPSA) is 68.5 Å². The van der Waals surface area contributed by atoms with E-state index in [2.05, 4.69) is 10.1 Å². The Labute approximate surface area is 110 Å². The highest BCUT2D eigenvalue weighted by atomic mass is 16.5. The summed E-state index contributed by atoms with van der Waals surface area (Å²) in [5.41, 5.74) is 0.691. The molecule has 6 heteroatoms. The fourth-order valence-electron chi connectivity index (χ4n) is 2.05. The molecule has 0 fully saturated rings. The molecule has 6 nitrogen and oxygen atoms in total. The van der Waals surface area contributed by atoms with Crippen LogP contribution >= 0.6 is 0 Å². The number of nitrogens with zero attached hydrogens (tertiary/aromatic N) is 3. The lowest BCUT2D eigenvalue weighted by molar-refractivity contribution is -0.125. The van der Waals surface area contributed by atoms with Gasteiger partial charge in [0.1, 0.15) is 11.5 Å². The van der Waals surface area contributed by atoms with Crippen LogP contribution in [0.4, 0.5) is 5.82 Å². The molecule has 0 aromatic carbocycles. The Balaban J connectivity index is 1.96. The molecular formula is C13H13N3O3. The van der Waals surface area contributed by atoms with E-state index in [4.69, 9.17) is 9.26 Å². The van der Waals surface area contributed by atoms with Crippen LogP contribution in [0.5, 0.6) is 5.75 Å². The number of anilines is 1. The summed E-state index contributed by atoms with van der Waals surface area (Å²) in [7, 11) is 0. The predicted molar refractivity (Wildman–Crippen MR) is 66.8 cm³/mol. The summed E-state index contributed by atoms with van der Waals surface area (Å²) in [6.45, 7) is 3.86. The zero-order valence-electron chi connectivity index (χ0n) is 10.7. The summed E-state index contributed by atoms with van der Waals surface area (Å²) >= 11 is 0. The SMILES string of the molecule is Cc1cc(CN2C(=O)C(C)Oc3cccnc32)no1. The Kier molecular flexibility index (Phi) is 2.70. The van der Waals surface area contributed by atoms with Gasteiger partial charge >= 0.3 is 0 Å². The monoisotopic (exact) mass is 259 g/mol. The number of carbonyl (C=O) groups excluding carboxylic acids is 1. The summed E-state index contributed by atoms with van der Waals surface area (Å²) < 4.78 is 10.5. The Bertz CT molecular complexity index is 623. The molecule has 0 bridgehead atoms. The van der Waals surface area contributed by atoms with Crippen LogP contribution in [-0.2, 0) is 11.3 Å². The van der Waals surface area contributed by atoms with E-state index >= 15 is 0 Å². The summed E-state index contributed by atoms with van der Waals surface area (Å²) in [5.74, 6) is 1.71. The van der Waals surface area contributed by atoms with Crippen LogP contribution in [0.1, 0.15) is 18.4 Å². The minimum atomic E-state index is -0.523. The summed E-state index contributed by atoms with van der Waals surface area (Å²) in [6, 6.07) is 5.38. The fraction of sp³-hybridized carbons (Fsp3) is 0.308. The number of ether oxygens (including phenoxy) is 1. The highest BCUT2D eigenvalue weighted by Gasteiger charge is 2.32. The van der Waals surface area contributed by atoms with Gasteiger partial charge in [-0.1, -0.05) is 5.16 Å². The number of carbonyl (C=O) groups is 1. The maximum Gasteiger partial charge on any atom is 0.269 e. The molecule has 1 amide bonds. The van der Waals surface area contributed by atoms with E-state index in [-0.39, 0.29) is 5.91 Å².